The van der Waals surface area contributed by atoms with Crippen LogP contribution >= 0.6 is 0 Å². The van der Waals surface area contributed by atoms with Gasteiger partial charge in [-0.05, 0) is 50.4 Å². The standard InChI is InChI=1S/C22H41NO4/c1-16(2)27-20(25)23-13-10-9-11-17(23)12-14-26-19(24)18(22(6,7)8)15-21(3,4)5/h16-18H,9-15H2,1-8H3. The number of nitrogens with zero attached hydrogens (tertiary/aromatic N) is 1. The maximum atomic E-state index is 12.7. The van der Waals surface area contributed by atoms with E-state index in [1.807, 2.05) is 18.7 Å². The SMILES string of the molecule is CC(C)OC(=O)N1CCCCC1CCOC(=O)C(CC(C)(C)C)C(C)(C)C. The van der Waals surface area contributed by atoms with Gasteiger partial charge < -0.3 is 14.4 Å². The molecule has 5 nitrogen and oxygen atoms in total. The lowest BCUT2D eigenvalue weighted by atomic mass is 9.72. The molecule has 1 amide bonds. The number of piperidine rings is 1. The molecule has 2 unspecified atom stereocenters. The van der Waals surface area contributed by atoms with E-state index in [0.717, 1.165) is 32.2 Å². The van der Waals surface area contributed by atoms with E-state index in [2.05, 4.69) is 41.5 Å². The molecule has 0 aromatic rings. The van der Waals surface area contributed by atoms with Crippen molar-refractivity contribution in [2.75, 3.05) is 13.2 Å². The maximum Gasteiger partial charge on any atom is 0.410 e. The smallest absolute Gasteiger partial charge is 0.410 e. The molecule has 0 aliphatic carbocycles. The molecule has 27 heavy (non-hydrogen) atoms. The lowest BCUT2D eigenvalue weighted by Crippen LogP contribution is -2.45. The number of carbonyl (C=O) groups is 2. The number of ether oxygens (including phenoxy) is 2. The summed E-state index contributed by atoms with van der Waals surface area (Å²) < 4.78 is 11.0. The molecular weight excluding hydrogens is 342 g/mol. The van der Waals surface area contributed by atoms with Crippen LogP contribution in [-0.4, -0.2) is 42.3 Å². The van der Waals surface area contributed by atoms with Crippen molar-refractivity contribution in [2.45, 2.75) is 99.6 Å². The molecule has 5 heteroatoms. The largest absolute Gasteiger partial charge is 0.465 e. The monoisotopic (exact) mass is 383 g/mol. The van der Waals surface area contributed by atoms with Gasteiger partial charge in [0.05, 0.1) is 18.6 Å². The molecule has 0 bridgehead atoms. The van der Waals surface area contributed by atoms with Crippen LogP contribution in [0, 0.1) is 16.7 Å². The average Bonchev–Trinajstić information content (AvgIpc) is 2.50. The Balaban J connectivity index is 2.62. The second kappa shape index (κ2) is 9.79. The van der Waals surface area contributed by atoms with Crippen molar-refractivity contribution in [2.24, 2.45) is 16.7 Å². The molecule has 2 atom stereocenters. The van der Waals surface area contributed by atoms with Crippen LogP contribution in [-0.2, 0) is 14.3 Å². The van der Waals surface area contributed by atoms with E-state index in [9.17, 15) is 9.59 Å². The van der Waals surface area contributed by atoms with Crippen molar-refractivity contribution in [1.29, 1.82) is 0 Å². The lowest BCUT2D eigenvalue weighted by molar-refractivity contribution is -0.154. The molecule has 1 heterocycles. The first kappa shape index (κ1) is 23.8. The summed E-state index contributed by atoms with van der Waals surface area (Å²) in [6.07, 6.45) is 4.14. The second-order valence-corrected chi connectivity index (χ2v) is 10.4. The number of esters is 1. The molecule has 0 aromatic heterocycles. The zero-order chi connectivity index (χ0) is 20.8. The summed E-state index contributed by atoms with van der Waals surface area (Å²) in [4.78, 5) is 26.9. The number of amides is 1. The summed E-state index contributed by atoms with van der Waals surface area (Å²) in [5.41, 5.74) is -0.0694. The summed E-state index contributed by atoms with van der Waals surface area (Å²) >= 11 is 0. The molecule has 0 N–H and O–H groups in total. The van der Waals surface area contributed by atoms with Crippen molar-refractivity contribution >= 4 is 12.1 Å². The van der Waals surface area contributed by atoms with Crippen LogP contribution in [0.2, 0.25) is 0 Å². The Kier molecular flexibility index (Phi) is 8.62. The highest BCUT2D eigenvalue weighted by molar-refractivity contribution is 5.73. The predicted octanol–water partition coefficient (Wildman–Crippen LogP) is 5.42. The first-order chi connectivity index (χ1) is 12.3. The predicted molar refractivity (Wildman–Crippen MR) is 109 cm³/mol. The van der Waals surface area contributed by atoms with Gasteiger partial charge >= 0.3 is 12.1 Å². The summed E-state index contributed by atoms with van der Waals surface area (Å²) in [5, 5.41) is 0. The zero-order valence-corrected chi connectivity index (χ0v) is 18.8. The molecule has 0 aromatic carbocycles. The Bertz CT molecular complexity index is 488. The summed E-state index contributed by atoms with van der Waals surface area (Å²) in [6, 6.07) is 0.0912. The summed E-state index contributed by atoms with van der Waals surface area (Å²) in [7, 11) is 0. The van der Waals surface area contributed by atoms with E-state index in [0.29, 0.717) is 13.0 Å². The van der Waals surface area contributed by atoms with Crippen molar-refractivity contribution in [1.82, 2.24) is 4.90 Å². The van der Waals surface area contributed by atoms with E-state index in [1.165, 1.54) is 0 Å². The van der Waals surface area contributed by atoms with Crippen molar-refractivity contribution in [3.8, 4) is 0 Å². The normalized spacial score (nSPS) is 19.7. The highest BCUT2D eigenvalue weighted by Crippen LogP contribution is 2.36. The molecular formula is C22H41NO4. The first-order valence-electron chi connectivity index (χ1n) is 10.4. The molecule has 1 aliphatic heterocycles. The highest BCUT2D eigenvalue weighted by atomic mass is 16.6. The summed E-state index contributed by atoms with van der Waals surface area (Å²) in [6.45, 7) is 17.5. The molecule has 1 aliphatic rings. The van der Waals surface area contributed by atoms with E-state index < -0.39 is 0 Å². The number of hydrogen-bond acceptors (Lipinski definition) is 4. The van der Waals surface area contributed by atoms with Crippen LogP contribution in [0.15, 0.2) is 0 Å². The number of rotatable bonds is 6. The van der Waals surface area contributed by atoms with E-state index in [1.54, 1.807) is 0 Å². The molecule has 1 fully saturated rings. The third-order valence-corrected chi connectivity index (χ3v) is 5.04. The average molecular weight is 384 g/mol. The van der Waals surface area contributed by atoms with Gasteiger partial charge in [0.15, 0.2) is 0 Å². The Morgan fingerprint density at radius 2 is 1.70 bits per heavy atom. The van der Waals surface area contributed by atoms with Crippen LogP contribution in [0.25, 0.3) is 0 Å². The molecule has 158 valence electrons. The third-order valence-electron chi connectivity index (χ3n) is 5.04. The molecule has 0 radical (unpaired) electrons. The Hall–Kier alpha value is -1.26. The second-order valence-electron chi connectivity index (χ2n) is 10.4. The van der Waals surface area contributed by atoms with Crippen LogP contribution in [0.3, 0.4) is 0 Å². The Morgan fingerprint density at radius 3 is 2.22 bits per heavy atom. The van der Waals surface area contributed by atoms with E-state index in [4.69, 9.17) is 9.47 Å². The zero-order valence-electron chi connectivity index (χ0n) is 18.8. The molecule has 0 saturated carbocycles. The van der Waals surface area contributed by atoms with Gasteiger partial charge in [0.1, 0.15) is 0 Å². The van der Waals surface area contributed by atoms with Crippen LogP contribution in [0.5, 0.6) is 0 Å². The van der Waals surface area contributed by atoms with Crippen LogP contribution < -0.4 is 0 Å². The maximum absolute atomic E-state index is 12.7. The molecule has 1 saturated heterocycles. The fourth-order valence-corrected chi connectivity index (χ4v) is 3.56. The fourth-order valence-electron chi connectivity index (χ4n) is 3.56. The summed E-state index contributed by atoms with van der Waals surface area (Å²) in [5.74, 6) is -0.254. The number of hydrogen-bond donors (Lipinski definition) is 0. The van der Waals surface area contributed by atoms with Gasteiger partial charge in [-0.1, -0.05) is 41.5 Å². The highest BCUT2D eigenvalue weighted by Gasteiger charge is 2.36. The van der Waals surface area contributed by atoms with Gasteiger partial charge in [0.2, 0.25) is 0 Å². The van der Waals surface area contributed by atoms with Gasteiger partial charge in [-0.15, -0.1) is 0 Å². The number of carbonyl (C=O) groups excluding carboxylic acids is 2. The van der Waals surface area contributed by atoms with Crippen molar-refractivity contribution in [3.63, 3.8) is 0 Å². The third kappa shape index (κ3) is 8.52. The Morgan fingerprint density at radius 1 is 1.07 bits per heavy atom. The van der Waals surface area contributed by atoms with Crippen molar-refractivity contribution < 1.29 is 19.1 Å². The van der Waals surface area contributed by atoms with Crippen LogP contribution in [0.1, 0.15) is 87.5 Å². The first-order valence-corrected chi connectivity index (χ1v) is 10.4. The van der Waals surface area contributed by atoms with Gasteiger partial charge in [0.25, 0.3) is 0 Å². The van der Waals surface area contributed by atoms with Gasteiger partial charge in [-0.25, -0.2) is 4.79 Å². The van der Waals surface area contributed by atoms with Crippen LogP contribution in [0.4, 0.5) is 4.79 Å². The van der Waals surface area contributed by atoms with Crippen molar-refractivity contribution in [3.05, 3.63) is 0 Å². The van der Waals surface area contributed by atoms with Gasteiger partial charge in [0, 0.05) is 19.0 Å². The van der Waals surface area contributed by atoms with E-state index >= 15 is 0 Å². The van der Waals surface area contributed by atoms with E-state index in [-0.39, 0.29) is 41.0 Å². The Labute approximate surface area is 166 Å². The lowest BCUT2D eigenvalue weighted by Gasteiger charge is -2.36. The quantitative estimate of drug-likeness (QED) is 0.575. The minimum atomic E-state index is -0.249. The van der Waals surface area contributed by atoms with Gasteiger partial charge in [-0.2, -0.15) is 0 Å². The van der Waals surface area contributed by atoms with Gasteiger partial charge in [-0.3, -0.25) is 4.79 Å². The topological polar surface area (TPSA) is 55.8 Å². The molecule has 0 spiro atoms. The molecule has 1 rings (SSSR count). The minimum absolute atomic E-state index is 0.0672. The number of likely N-dealkylation sites (tertiary alicyclic amines) is 1. The minimum Gasteiger partial charge on any atom is -0.465 e. The fraction of sp³-hybridized carbons (Fsp3) is 0.909.